The molecule has 1 aromatic heterocycles. The van der Waals surface area contributed by atoms with Crippen molar-refractivity contribution in [3.05, 3.63) is 77.5 Å². The average molecular weight is 531 g/mol. The normalized spacial score (nSPS) is 23.1. The Morgan fingerprint density at radius 2 is 1.89 bits per heavy atom. The van der Waals surface area contributed by atoms with Crippen LogP contribution in [0.3, 0.4) is 0 Å². The number of carbonyl (C=O) groups excluding carboxylic acids is 1. The van der Waals surface area contributed by atoms with Crippen LogP contribution in [-0.2, 0) is 27.5 Å². The number of aryl methyl sites for hydroxylation is 1. The van der Waals surface area contributed by atoms with E-state index in [0.717, 1.165) is 17.5 Å². The van der Waals surface area contributed by atoms with E-state index < -0.39 is 35.1 Å². The molecule has 1 spiro atoms. The molecular formula is C28H26F4N2O4. The highest BCUT2D eigenvalue weighted by Gasteiger charge is 2.54. The Hall–Kier alpha value is -3.66. The molecule has 1 aliphatic carbocycles. The van der Waals surface area contributed by atoms with Gasteiger partial charge in [-0.1, -0.05) is 12.1 Å². The highest BCUT2D eigenvalue weighted by molar-refractivity contribution is 5.80. The Morgan fingerprint density at radius 1 is 1.16 bits per heavy atom. The van der Waals surface area contributed by atoms with Gasteiger partial charge in [0.25, 0.3) is 0 Å². The van der Waals surface area contributed by atoms with Gasteiger partial charge in [-0.05, 0) is 60.4 Å². The quantitative estimate of drug-likeness (QED) is 0.310. The third-order valence-corrected chi connectivity index (χ3v) is 7.45. The predicted molar refractivity (Wildman–Crippen MR) is 131 cm³/mol. The van der Waals surface area contributed by atoms with Gasteiger partial charge >= 0.3 is 12.1 Å². The molecule has 0 radical (unpaired) electrons. The number of ether oxygens (including phenoxy) is 3. The molecular weight excluding hydrogens is 504 g/mol. The number of nitrogens with zero attached hydrogens (tertiary/aromatic N) is 2. The molecule has 0 unspecified atom stereocenters. The second-order valence-electron chi connectivity index (χ2n) is 9.58. The van der Waals surface area contributed by atoms with E-state index >= 15 is 0 Å². The van der Waals surface area contributed by atoms with E-state index in [2.05, 4.69) is 4.98 Å². The van der Waals surface area contributed by atoms with Gasteiger partial charge in [-0.3, -0.25) is 4.79 Å². The summed E-state index contributed by atoms with van der Waals surface area (Å²) in [5.74, 6) is -1.24. The first-order valence-electron chi connectivity index (χ1n) is 12.0. The number of esters is 1. The fraction of sp³-hybridized carbons (Fsp3) is 0.357. The van der Waals surface area contributed by atoms with Gasteiger partial charge in [0.2, 0.25) is 0 Å². The second-order valence-corrected chi connectivity index (χ2v) is 9.58. The molecule has 3 atom stereocenters. The maximum atomic E-state index is 13.7. The number of hydrogen-bond donors (Lipinski definition) is 0. The summed E-state index contributed by atoms with van der Waals surface area (Å²) < 4.78 is 73.0. The molecule has 0 saturated heterocycles. The second kappa shape index (κ2) is 9.58. The van der Waals surface area contributed by atoms with E-state index in [1.807, 2.05) is 6.08 Å². The van der Waals surface area contributed by atoms with Crippen molar-refractivity contribution in [3.8, 4) is 17.0 Å². The molecule has 0 bridgehead atoms. The van der Waals surface area contributed by atoms with Gasteiger partial charge in [0.15, 0.2) is 5.69 Å². The summed E-state index contributed by atoms with van der Waals surface area (Å²) >= 11 is 0. The summed E-state index contributed by atoms with van der Waals surface area (Å²) in [4.78, 5) is 16.3. The van der Waals surface area contributed by atoms with E-state index in [1.54, 1.807) is 30.3 Å². The summed E-state index contributed by atoms with van der Waals surface area (Å²) in [6.45, 7) is 0.156. The molecule has 2 heterocycles. The fourth-order valence-electron chi connectivity index (χ4n) is 5.79. The van der Waals surface area contributed by atoms with Crippen molar-refractivity contribution in [2.24, 2.45) is 13.0 Å². The number of methoxy groups -OCH3 is 2. The zero-order valence-corrected chi connectivity index (χ0v) is 21.0. The summed E-state index contributed by atoms with van der Waals surface area (Å²) in [5, 5.41) is 0. The van der Waals surface area contributed by atoms with Crippen LogP contribution < -0.4 is 4.74 Å². The van der Waals surface area contributed by atoms with Crippen LogP contribution in [0.5, 0.6) is 5.75 Å². The van der Waals surface area contributed by atoms with Gasteiger partial charge in [0, 0.05) is 24.1 Å². The highest BCUT2D eigenvalue weighted by Crippen LogP contribution is 2.54. The summed E-state index contributed by atoms with van der Waals surface area (Å²) in [6, 6.07) is 10.8. The molecule has 3 aromatic rings. The zero-order chi connectivity index (χ0) is 27.2. The van der Waals surface area contributed by atoms with Gasteiger partial charge in [-0.15, -0.1) is 0 Å². The Morgan fingerprint density at radius 3 is 2.55 bits per heavy atom. The molecule has 6 nitrogen and oxygen atoms in total. The van der Waals surface area contributed by atoms with Crippen molar-refractivity contribution in [2.45, 2.75) is 30.5 Å². The van der Waals surface area contributed by atoms with Gasteiger partial charge in [0.1, 0.15) is 11.6 Å². The van der Waals surface area contributed by atoms with Gasteiger partial charge < -0.3 is 18.8 Å². The van der Waals surface area contributed by atoms with Crippen molar-refractivity contribution in [3.63, 3.8) is 0 Å². The SMILES string of the molecule is COC(=O)[C@H]1CC[C@@]2(C=C(c3cc(-c4c(C(F)(F)F)ncn4C)ccc3OC)CO2)[C@@H]1c1ccc(F)cc1. The third-order valence-electron chi connectivity index (χ3n) is 7.45. The summed E-state index contributed by atoms with van der Waals surface area (Å²) in [6.07, 6.45) is -0.543. The smallest absolute Gasteiger partial charge is 0.435 e. The van der Waals surface area contributed by atoms with E-state index in [-0.39, 0.29) is 18.3 Å². The van der Waals surface area contributed by atoms with Crippen LogP contribution in [0.2, 0.25) is 0 Å². The molecule has 0 amide bonds. The van der Waals surface area contributed by atoms with Crippen LogP contribution in [0.4, 0.5) is 17.6 Å². The standard InChI is InChI=1S/C28H26F4N2O4/c1-34-15-33-25(28(30,31)32)24(34)17-6-9-22(36-2)21(12-17)18-13-27(38-14-18)11-10-20(26(35)37-3)23(27)16-4-7-19(29)8-5-16/h4-9,12-13,15,20,23H,10-11,14H2,1-3H3/t20-,23+,27+/m0/s1. The maximum absolute atomic E-state index is 13.7. The Kier molecular flexibility index (Phi) is 6.54. The maximum Gasteiger partial charge on any atom is 0.435 e. The monoisotopic (exact) mass is 530 g/mol. The largest absolute Gasteiger partial charge is 0.496 e. The van der Waals surface area contributed by atoms with Crippen LogP contribution in [0.15, 0.2) is 54.9 Å². The Labute approximate surface area is 216 Å². The van der Waals surface area contributed by atoms with Crippen LogP contribution in [0.25, 0.3) is 16.8 Å². The summed E-state index contributed by atoms with van der Waals surface area (Å²) in [7, 11) is 4.32. The van der Waals surface area contributed by atoms with Crippen LogP contribution >= 0.6 is 0 Å². The first-order chi connectivity index (χ1) is 18.1. The van der Waals surface area contributed by atoms with Crippen molar-refractivity contribution >= 4 is 11.5 Å². The van der Waals surface area contributed by atoms with E-state index in [9.17, 15) is 22.4 Å². The molecule has 1 saturated carbocycles. The fourth-order valence-corrected chi connectivity index (χ4v) is 5.79. The number of imidazole rings is 1. The van der Waals surface area contributed by atoms with E-state index in [4.69, 9.17) is 14.2 Å². The number of rotatable bonds is 5. The lowest BCUT2D eigenvalue weighted by atomic mass is 9.79. The topological polar surface area (TPSA) is 62.6 Å². The highest BCUT2D eigenvalue weighted by atomic mass is 19.4. The minimum absolute atomic E-state index is 0.0635. The number of benzene rings is 2. The van der Waals surface area contributed by atoms with Crippen LogP contribution in [0, 0.1) is 11.7 Å². The summed E-state index contributed by atoms with van der Waals surface area (Å²) in [5.41, 5.74) is 0.444. The molecule has 5 rings (SSSR count). The molecule has 0 N–H and O–H groups in total. The minimum atomic E-state index is -4.62. The van der Waals surface area contributed by atoms with Crippen molar-refractivity contribution in [2.75, 3.05) is 20.8 Å². The molecule has 2 aromatic carbocycles. The number of hydrogen-bond acceptors (Lipinski definition) is 5. The molecule has 2 aliphatic rings. The number of halogens is 4. The van der Waals surface area contributed by atoms with Gasteiger partial charge in [0.05, 0.1) is 44.4 Å². The van der Waals surface area contributed by atoms with Gasteiger partial charge in [-0.25, -0.2) is 9.37 Å². The lowest BCUT2D eigenvalue weighted by molar-refractivity contribution is -0.146. The Balaban J connectivity index is 1.60. The first-order valence-corrected chi connectivity index (χ1v) is 12.0. The van der Waals surface area contributed by atoms with Crippen molar-refractivity contribution < 1.29 is 36.6 Å². The molecule has 1 fully saturated rings. The van der Waals surface area contributed by atoms with Crippen LogP contribution in [-0.4, -0.2) is 41.9 Å². The molecule has 200 valence electrons. The molecule has 10 heteroatoms. The number of aromatic nitrogens is 2. The Bertz CT molecular complexity index is 1400. The first kappa shape index (κ1) is 26.0. The lowest BCUT2D eigenvalue weighted by Gasteiger charge is -2.31. The van der Waals surface area contributed by atoms with Crippen molar-refractivity contribution in [1.29, 1.82) is 0 Å². The zero-order valence-electron chi connectivity index (χ0n) is 21.0. The molecule has 38 heavy (non-hydrogen) atoms. The van der Waals surface area contributed by atoms with E-state index in [1.165, 1.54) is 38.0 Å². The van der Waals surface area contributed by atoms with Crippen LogP contribution in [0.1, 0.15) is 35.6 Å². The minimum Gasteiger partial charge on any atom is -0.496 e. The predicted octanol–water partition coefficient (Wildman–Crippen LogP) is 5.77. The number of alkyl halides is 3. The van der Waals surface area contributed by atoms with Crippen molar-refractivity contribution in [1.82, 2.24) is 9.55 Å². The lowest BCUT2D eigenvalue weighted by Crippen LogP contribution is -2.34. The average Bonchev–Trinajstić information content (AvgIpc) is 3.61. The molecule has 1 aliphatic heterocycles. The number of carbonyl (C=O) groups is 1. The van der Waals surface area contributed by atoms with Gasteiger partial charge in [-0.2, -0.15) is 13.2 Å². The van der Waals surface area contributed by atoms with E-state index in [0.29, 0.717) is 29.7 Å². The third kappa shape index (κ3) is 4.36.